The molecule has 7 heteroatoms. The number of guanidine groups is 1. The lowest BCUT2D eigenvalue weighted by Crippen LogP contribution is -2.54. The zero-order chi connectivity index (χ0) is 18.6. The van der Waals surface area contributed by atoms with Crippen molar-refractivity contribution in [1.82, 2.24) is 19.8 Å². The molecule has 0 spiro atoms. The Morgan fingerprint density at radius 3 is 2.88 bits per heavy atom. The Hall–Kier alpha value is -1.21. The molecule has 0 aromatic carbocycles. The van der Waals surface area contributed by atoms with Crippen molar-refractivity contribution < 1.29 is 5.11 Å². The van der Waals surface area contributed by atoms with Crippen molar-refractivity contribution in [1.29, 1.82) is 0 Å². The SMILES string of the molecule is CCNC(=NCC1(O)CCC1SCC)N1CCC(C)C(n2ccnc2)C1. The average Bonchev–Trinajstić information content (AvgIpc) is 3.17. The van der Waals surface area contributed by atoms with Crippen LogP contribution in [0.4, 0.5) is 0 Å². The number of piperidine rings is 1. The summed E-state index contributed by atoms with van der Waals surface area (Å²) in [6.45, 7) is 9.83. The maximum Gasteiger partial charge on any atom is 0.194 e. The summed E-state index contributed by atoms with van der Waals surface area (Å²) in [5, 5.41) is 14.6. The Morgan fingerprint density at radius 2 is 2.27 bits per heavy atom. The Labute approximate surface area is 161 Å². The average molecular weight is 380 g/mol. The van der Waals surface area contributed by atoms with Gasteiger partial charge in [0, 0.05) is 37.3 Å². The second kappa shape index (κ2) is 8.65. The topological polar surface area (TPSA) is 65.7 Å². The van der Waals surface area contributed by atoms with Gasteiger partial charge >= 0.3 is 0 Å². The lowest BCUT2D eigenvalue weighted by molar-refractivity contribution is -0.0157. The van der Waals surface area contributed by atoms with Gasteiger partial charge < -0.3 is 19.9 Å². The minimum absolute atomic E-state index is 0.333. The number of likely N-dealkylation sites (tertiary alicyclic amines) is 1. The van der Waals surface area contributed by atoms with E-state index >= 15 is 0 Å². The molecule has 2 N–H and O–H groups in total. The second-order valence-corrected chi connectivity index (χ2v) is 9.03. The van der Waals surface area contributed by atoms with Gasteiger partial charge in [-0.05, 0) is 37.9 Å². The number of nitrogens with one attached hydrogen (secondary N) is 1. The van der Waals surface area contributed by atoms with Gasteiger partial charge in [-0.2, -0.15) is 11.8 Å². The molecule has 4 unspecified atom stereocenters. The van der Waals surface area contributed by atoms with Crippen molar-refractivity contribution in [3.8, 4) is 0 Å². The van der Waals surface area contributed by atoms with Crippen LogP contribution in [0.2, 0.25) is 0 Å². The maximum atomic E-state index is 10.9. The van der Waals surface area contributed by atoms with Gasteiger partial charge in [-0.15, -0.1) is 0 Å². The summed E-state index contributed by atoms with van der Waals surface area (Å²) in [5.41, 5.74) is -0.631. The van der Waals surface area contributed by atoms with E-state index in [0.717, 1.165) is 50.6 Å². The molecular formula is C19H33N5OS. The second-order valence-electron chi connectivity index (χ2n) is 7.55. The van der Waals surface area contributed by atoms with Gasteiger partial charge in [0.1, 0.15) is 0 Å². The van der Waals surface area contributed by atoms with E-state index in [4.69, 9.17) is 4.99 Å². The van der Waals surface area contributed by atoms with E-state index in [1.165, 1.54) is 0 Å². The summed E-state index contributed by atoms with van der Waals surface area (Å²) in [4.78, 5) is 11.4. The molecule has 1 aliphatic heterocycles. The third-order valence-corrected chi connectivity index (χ3v) is 7.18. The molecule has 1 aliphatic carbocycles. The van der Waals surface area contributed by atoms with Crippen molar-refractivity contribution in [2.24, 2.45) is 10.9 Å². The molecule has 0 radical (unpaired) electrons. The molecule has 1 aromatic heterocycles. The van der Waals surface area contributed by atoms with Gasteiger partial charge in [0.2, 0.25) is 0 Å². The van der Waals surface area contributed by atoms with Gasteiger partial charge in [-0.25, -0.2) is 4.98 Å². The minimum atomic E-state index is -0.631. The van der Waals surface area contributed by atoms with Gasteiger partial charge in [0.15, 0.2) is 5.96 Å². The van der Waals surface area contributed by atoms with Crippen LogP contribution in [-0.2, 0) is 0 Å². The third-order valence-electron chi connectivity index (χ3n) is 5.77. The summed E-state index contributed by atoms with van der Waals surface area (Å²) >= 11 is 1.86. The van der Waals surface area contributed by atoms with Gasteiger partial charge in [0.25, 0.3) is 0 Å². The lowest BCUT2D eigenvalue weighted by atomic mass is 9.79. The molecule has 3 rings (SSSR count). The summed E-state index contributed by atoms with van der Waals surface area (Å²) in [6, 6.07) is 0.408. The minimum Gasteiger partial charge on any atom is -0.387 e. The fourth-order valence-electron chi connectivity index (χ4n) is 3.95. The Bertz CT molecular complexity index is 593. The molecule has 1 saturated heterocycles. The smallest absolute Gasteiger partial charge is 0.194 e. The van der Waals surface area contributed by atoms with E-state index in [1.54, 1.807) is 0 Å². The van der Waals surface area contributed by atoms with E-state index in [9.17, 15) is 5.11 Å². The van der Waals surface area contributed by atoms with Crippen LogP contribution in [0, 0.1) is 5.92 Å². The van der Waals surface area contributed by atoms with Crippen LogP contribution in [0.15, 0.2) is 23.7 Å². The van der Waals surface area contributed by atoms with Crippen molar-refractivity contribution in [2.75, 3.05) is 31.9 Å². The number of aromatic nitrogens is 2. The number of hydrogen-bond acceptors (Lipinski definition) is 4. The van der Waals surface area contributed by atoms with Crippen molar-refractivity contribution in [3.63, 3.8) is 0 Å². The maximum absolute atomic E-state index is 10.9. The summed E-state index contributed by atoms with van der Waals surface area (Å²) in [5.74, 6) is 2.60. The number of nitrogens with zero attached hydrogens (tertiary/aromatic N) is 4. The van der Waals surface area contributed by atoms with E-state index < -0.39 is 5.60 Å². The highest BCUT2D eigenvalue weighted by Gasteiger charge is 2.45. The van der Waals surface area contributed by atoms with Crippen molar-refractivity contribution >= 4 is 17.7 Å². The molecule has 0 amide bonds. The molecule has 1 saturated carbocycles. The highest BCUT2D eigenvalue weighted by Crippen LogP contribution is 2.41. The highest BCUT2D eigenvalue weighted by molar-refractivity contribution is 8.00. The molecule has 1 aromatic rings. The van der Waals surface area contributed by atoms with E-state index in [0.29, 0.717) is 23.8 Å². The van der Waals surface area contributed by atoms with Crippen LogP contribution in [0.5, 0.6) is 0 Å². The molecule has 2 aliphatic rings. The number of imidazole rings is 1. The van der Waals surface area contributed by atoms with Gasteiger partial charge in [-0.3, -0.25) is 4.99 Å². The van der Waals surface area contributed by atoms with E-state index in [-0.39, 0.29) is 0 Å². The zero-order valence-electron chi connectivity index (χ0n) is 16.3. The van der Waals surface area contributed by atoms with Crippen LogP contribution in [-0.4, -0.2) is 68.3 Å². The van der Waals surface area contributed by atoms with Crippen LogP contribution in [0.3, 0.4) is 0 Å². The van der Waals surface area contributed by atoms with E-state index in [1.807, 2.05) is 24.3 Å². The van der Waals surface area contributed by atoms with Crippen LogP contribution >= 0.6 is 11.8 Å². The number of aliphatic hydroxyl groups is 1. The first-order chi connectivity index (χ1) is 12.6. The first-order valence-corrected chi connectivity index (χ1v) is 11.0. The lowest BCUT2D eigenvalue weighted by Gasteiger charge is -2.44. The fourth-order valence-corrected chi connectivity index (χ4v) is 5.14. The molecule has 2 fully saturated rings. The molecular weight excluding hydrogens is 346 g/mol. The predicted molar refractivity (Wildman–Crippen MR) is 109 cm³/mol. The first-order valence-electron chi connectivity index (χ1n) is 9.92. The highest BCUT2D eigenvalue weighted by atomic mass is 32.2. The zero-order valence-corrected chi connectivity index (χ0v) is 17.1. The monoisotopic (exact) mass is 379 g/mol. The summed E-state index contributed by atoms with van der Waals surface area (Å²) in [6.07, 6.45) is 8.92. The standard InChI is InChI=1S/C19H33N5OS/c1-4-21-18(22-13-19(25)8-6-17(19)26-5-2)23-10-7-15(3)16(12-23)24-11-9-20-14-24/h9,11,14-17,25H,4-8,10,12-13H2,1-3H3,(H,21,22). The molecule has 26 heavy (non-hydrogen) atoms. The third kappa shape index (κ3) is 4.19. The Balaban J connectivity index is 1.69. The van der Waals surface area contributed by atoms with Crippen molar-refractivity contribution in [2.45, 2.75) is 56.9 Å². The fraction of sp³-hybridized carbons (Fsp3) is 0.789. The van der Waals surface area contributed by atoms with Crippen LogP contribution in [0.1, 0.15) is 46.1 Å². The quantitative estimate of drug-likeness (QED) is 0.587. The Morgan fingerprint density at radius 1 is 1.42 bits per heavy atom. The number of aliphatic imine (C=N–C) groups is 1. The molecule has 2 heterocycles. The summed E-state index contributed by atoms with van der Waals surface area (Å²) in [7, 11) is 0. The largest absolute Gasteiger partial charge is 0.387 e. The van der Waals surface area contributed by atoms with Crippen molar-refractivity contribution in [3.05, 3.63) is 18.7 Å². The molecule has 146 valence electrons. The van der Waals surface area contributed by atoms with Crippen LogP contribution < -0.4 is 5.32 Å². The summed E-state index contributed by atoms with van der Waals surface area (Å²) < 4.78 is 2.22. The number of rotatable bonds is 6. The Kier molecular flexibility index (Phi) is 6.51. The van der Waals surface area contributed by atoms with E-state index in [2.05, 4.69) is 46.7 Å². The first kappa shape index (κ1) is 19.5. The number of thioether (sulfide) groups is 1. The van der Waals surface area contributed by atoms with Gasteiger partial charge in [-0.1, -0.05) is 13.8 Å². The predicted octanol–water partition coefficient (Wildman–Crippen LogP) is 2.38. The number of hydrogen-bond donors (Lipinski definition) is 2. The van der Waals surface area contributed by atoms with Gasteiger partial charge in [0.05, 0.1) is 24.5 Å². The molecule has 4 atom stereocenters. The molecule has 0 bridgehead atoms. The molecule has 6 nitrogen and oxygen atoms in total. The normalized spacial score (nSPS) is 32.4. The van der Waals surface area contributed by atoms with Crippen LogP contribution in [0.25, 0.3) is 0 Å².